The highest BCUT2D eigenvalue weighted by Gasteiger charge is 2.29. The van der Waals surface area contributed by atoms with E-state index in [0.717, 1.165) is 37.4 Å². The van der Waals surface area contributed by atoms with Crippen LogP contribution in [0, 0.1) is 0 Å². The Balaban J connectivity index is 1.74. The number of aryl methyl sites for hydroxylation is 1. The van der Waals surface area contributed by atoms with Crippen LogP contribution in [0.15, 0.2) is 35.1 Å². The number of hydrogen-bond acceptors (Lipinski definition) is 4. The topological polar surface area (TPSA) is 42.2 Å². The van der Waals surface area contributed by atoms with Gasteiger partial charge in [0, 0.05) is 25.0 Å². The van der Waals surface area contributed by atoms with Crippen molar-refractivity contribution in [2.45, 2.75) is 38.8 Å². The third-order valence-corrected chi connectivity index (χ3v) is 3.74. The molecule has 0 unspecified atom stereocenters. The largest absolute Gasteiger partial charge is 0.359 e. The summed E-state index contributed by atoms with van der Waals surface area (Å²) < 4.78 is 5.50. The van der Waals surface area contributed by atoms with Gasteiger partial charge in [-0.1, -0.05) is 18.1 Å². The van der Waals surface area contributed by atoms with Gasteiger partial charge in [0.05, 0.1) is 11.7 Å². The fourth-order valence-electron chi connectivity index (χ4n) is 2.72. The van der Waals surface area contributed by atoms with Crippen molar-refractivity contribution in [1.82, 2.24) is 15.0 Å². The number of aromatic nitrogens is 2. The fourth-order valence-corrected chi connectivity index (χ4v) is 2.72. The van der Waals surface area contributed by atoms with E-state index in [9.17, 15) is 0 Å². The second-order valence-electron chi connectivity index (χ2n) is 5.06. The molecule has 0 spiro atoms. The van der Waals surface area contributed by atoms with E-state index in [-0.39, 0.29) is 0 Å². The minimum atomic E-state index is 0.369. The minimum Gasteiger partial charge on any atom is -0.359 e. The molecule has 1 saturated heterocycles. The molecule has 0 radical (unpaired) electrons. The van der Waals surface area contributed by atoms with Gasteiger partial charge in [0.2, 0.25) is 0 Å². The molecule has 2 aromatic heterocycles. The molecule has 0 aliphatic carbocycles. The zero-order valence-corrected chi connectivity index (χ0v) is 11.2. The summed E-state index contributed by atoms with van der Waals surface area (Å²) in [5.74, 6) is 1.01. The highest BCUT2D eigenvalue weighted by molar-refractivity contribution is 5.13. The van der Waals surface area contributed by atoms with E-state index in [0.29, 0.717) is 6.04 Å². The molecule has 0 aromatic carbocycles. The van der Waals surface area contributed by atoms with Crippen LogP contribution in [0.5, 0.6) is 0 Å². The lowest BCUT2D eigenvalue weighted by Crippen LogP contribution is -2.22. The van der Waals surface area contributed by atoms with Gasteiger partial charge in [-0.05, 0) is 37.4 Å². The van der Waals surface area contributed by atoms with Crippen molar-refractivity contribution in [3.63, 3.8) is 0 Å². The quantitative estimate of drug-likeness (QED) is 0.844. The Hall–Kier alpha value is -1.68. The first kappa shape index (κ1) is 12.4. The van der Waals surface area contributed by atoms with E-state index in [4.69, 9.17) is 4.52 Å². The maximum atomic E-state index is 5.50. The molecule has 3 heterocycles. The lowest BCUT2D eigenvalue weighted by molar-refractivity contribution is 0.206. The van der Waals surface area contributed by atoms with Crippen LogP contribution in [0.1, 0.15) is 42.8 Å². The maximum absolute atomic E-state index is 5.50. The molecule has 100 valence electrons. The van der Waals surface area contributed by atoms with Gasteiger partial charge < -0.3 is 4.52 Å². The number of nitrogens with zero attached hydrogens (tertiary/aromatic N) is 3. The Morgan fingerprint density at radius 3 is 3.16 bits per heavy atom. The van der Waals surface area contributed by atoms with Gasteiger partial charge in [0.25, 0.3) is 0 Å². The van der Waals surface area contributed by atoms with Crippen molar-refractivity contribution < 1.29 is 4.52 Å². The van der Waals surface area contributed by atoms with Crippen LogP contribution in [-0.2, 0) is 13.0 Å². The lowest BCUT2D eigenvalue weighted by Gasteiger charge is -2.22. The SMILES string of the molecule is CCc1cc([C@H]2CCCN2Cc2cccnc2)on1. The second kappa shape index (κ2) is 5.53. The van der Waals surface area contributed by atoms with Crippen molar-refractivity contribution >= 4 is 0 Å². The third kappa shape index (κ3) is 2.68. The van der Waals surface area contributed by atoms with E-state index in [1.807, 2.05) is 18.5 Å². The highest BCUT2D eigenvalue weighted by atomic mass is 16.5. The number of rotatable bonds is 4. The molecule has 1 fully saturated rings. The van der Waals surface area contributed by atoms with Gasteiger partial charge in [-0.25, -0.2) is 0 Å². The molecule has 0 N–H and O–H groups in total. The zero-order valence-electron chi connectivity index (χ0n) is 11.2. The van der Waals surface area contributed by atoms with Gasteiger partial charge >= 0.3 is 0 Å². The van der Waals surface area contributed by atoms with Crippen LogP contribution >= 0.6 is 0 Å². The molecule has 1 aliphatic heterocycles. The molecule has 0 amide bonds. The fraction of sp³-hybridized carbons (Fsp3) is 0.467. The molecule has 4 heteroatoms. The molecule has 4 nitrogen and oxygen atoms in total. The molecular formula is C15H19N3O. The number of pyridine rings is 1. The van der Waals surface area contributed by atoms with Gasteiger partial charge in [0.15, 0.2) is 5.76 Å². The van der Waals surface area contributed by atoms with Crippen molar-refractivity contribution in [3.8, 4) is 0 Å². The van der Waals surface area contributed by atoms with Crippen LogP contribution < -0.4 is 0 Å². The summed E-state index contributed by atoms with van der Waals surface area (Å²) in [5, 5.41) is 4.11. The van der Waals surface area contributed by atoms with E-state index in [2.05, 4.69) is 34.1 Å². The van der Waals surface area contributed by atoms with Crippen molar-refractivity contribution in [1.29, 1.82) is 0 Å². The Morgan fingerprint density at radius 2 is 2.42 bits per heavy atom. The highest BCUT2D eigenvalue weighted by Crippen LogP contribution is 2.33. The summed E-state index contributed by atoms with van der Waals surface area (Å²) in [6.07, 6.45) is 7.05. The predicted octanol–water partition coefficient (Wildman–Crippen LogP) is 2.97. The number of hydrogen-bond donors (Lipinski definition) is 0. The van der Waals surface area contributed by atoms with Crippen molar-refractivity contribution in [2.75, 3.05) is 6.54 Å². The Kier molecular flexibility index (Phi) is 3.60. The molecule has 19 heavy (non-hydrogen) atoms. The molecule has 2 aromatic rings. The van der Waals surface area contributed by atoms with E-state index < -0.39 is 0 Å². The molecule has 0 bridgehead atoms. The third-order valence-electron chi connectivity index (χ3n) is 3.74. The Labute approximate surface area is 113 Å². The second-order valence-corrected chi connectivity index (χ2v) is 5.06. The zero-order chi connectivity index (χ0) is 13.1. The molecule has 1 atom stereocenters. The Morgan fingerprint density at radius 1 is 1.47 bits per heavy atom. The Bertz CT molecular complexity index is 523. The molecular weight excluding hydrogens is 238 g/mol. The van der Waals surface area contributed by atoms with E-state index >= 15 is 0 Å². The summed E-state index contributed by atoms with van der Waals surface area (Å²) in [6.45, 7) is 4.14. The monoisotopic (exact) mass is 257 g/mol. The van der Waals surface area contributed by atoms with E-state index in [1.165, 1.54) is 12.0 Å². The summed E-state index contributed by atoms with van der Waals surface area (Å²) in [5.41, 5.74) is 2.30. The van der Waals surface area contributed by atoms with Gasteiger partial charge in [-0.15, -0.1) is 0 Å². The summed E-state index contributed by atoms with van der Waals surface area (Å²) >= 11 is 0. The minimum absolute atomic E-state index is 0.369. The predicted molar refractivity (Wildman–Crippen MR) is 72.5 cm³/mol. The van der Waals surface area contributed by atoms with E-state index in [1.54, 1.807) is 0 Å². The standard InChI is InChI=1S/C15H19N3O/c1-2-13-9-15(19-17-13)14-6-4-8-18(14)11-12-5-3-7-16-10-12/h3,5,7,9-10,14H,2,4,6,8,11H2,1H3/t14-/m1/s1. The van der Waals surface area contributed by atoms with Crippen LogP contribution in [0.3, 0.4) is 0 Å². The van der Waals surface area contributed by atoms with Gasteiger partial charge in [-0.2, -0.15) is 0 Å². The van der Waals surface area contributed by atoms with Crippen LogP contribution in [-0.4, -0.2) is 21.6 Å². The van der Waals surface area contributed by atoms with Crippen molar-refractivity contribution in [3.05, 3.63) is 47.6 Å². The lowest BCUT2D eigenvalue weighted by atomic mass is 10.1. The summed E-state index contributed by atoms with van der Waals surface area (Å²) in [4.78, 5) is 6.63. The molecule has 1 aliphatic rings. The first-order chi connectivity index (χ1) is 9.36. The van der Waals surface area contributed by atoms with Crippen LogP contribution in [0.2, 0.25) is 0 Å². The van der Waals surface area contributed by atoms with Crippen LogP contribution in [0.25, 0.3) is 0 Å². The first-order valence-electron chi connectivity index (χ1n) is 6.95. The smallest absolute Gasteiger partial charge is 0.154 e. The molecule has 3 rings (SSSR count). The first-order valence-corrected chi connectivity index (χ1v) is 6.95. The van der Waals surface area contributed by atoms with Crippen molar-refractivity contribution in [2.24, 2.45) is 0 Å². The van der Waals surface area contributed by atoms with Crippen LogP contribution in [0.4, 0.5) is 0 Å². The maximum Gasteiger partial charge on any atom is 0.154 e. The average Bonchev–Trinajstić information content (AvgIpc) is 3.08. The average molecular weight is 257 g/mol. The number of likely N-dealkylation sites (tertiary alicyclic amines) is 1. The van der Waals surface area contributed by atoms with Gasteiger partial charge in [-0.3, -0.25) is 9.88 Å². The normalized spacial score (nSPS) is 19.9. The van der Waals surface area contributed by atoms with Gasteiger partial charge in [0.1, 0.15) is 0 Å². The molecule has 0 saturated carbocycles. The summed E-state index contributed by atoms with van der Waals surface area (Å²) in [7, 11) is 0. The summed E-state index contributed by atoms with van der Waals surface area (Å²) in [6, 6.07) is 6.59.